The Hall–Kier alpha value is -5.36. The number of anilines is 1. The highest BCUT2D eigenvalue weighted by atomic mass is 32.1. The van der Waals surface area contributed by atoms with Gasteiger partial charge < -0.3 is 19.4 Å². The predicted molar refractivity (Wildman–Crippen MR) is 179 cm³/mol. The van der Waals surface area contributed by atoms with Gasteiger partial charge in [-0.3, -0.25) is 9.78 Å². The normalized spacial score (nSPS) is 18.1. The molecule has 10 nitrogen and oxygen atoms in total. The molecule has 7 heterocycles. The molecule has 2 atom stereocenters. The quantitative estimate of drug-likeness (QED) is 0.190. The fourth-order valence-electron chi connectivity index (χ4n) is 7.31. The van der Waals surface area contributed by atoms with E-state index in [0.29, 0.717) is 48.4 Å². The molecule has 0 bridgehead atoms. The number of aromatic amines is 1. The molecule has 0 spiro atoms. The topological polar surface area (TPSA) is 126 Å². The highest BCUT2D eigenvalue weighted by Gasteiger charge is 2.45. The minimum atomic E-state index is -0.698. The van der Waals surface area contributed by atoms with Crippen LogP contribution in [0.3, 0.4) is 0 Å². The van der Waals surface area contributed by atoms with Gasteiger partial charge in [-0.05, 0) is 67.0 Å². The first kappa shape index (κ1) is 28.8. The zero-order valence-corrected chi connectivity index (χ0v) is 26.5. The summed E-state index contributed by atoms with van der Waals surface area (Å²) in [6.07, 6.45) is 5.33. The van der Waals surface area contributed by atoms with Crippen molar-refractivity contribution in [2.24, 2.45) is 0 Å². The Morgan fingerprint density at radius 1 is 1.02 bits per heavy atom. The van der Waals surface area contributed by atoms with E-state index in [9.17, 15) is 14.0 Å². The molecule has 1 amide bonds. The minimum absolute atomic E-state index is 0.0180. The molecular formula is C36H29FN6O4S. The van der Waals surface area contributed by atoms with Crippen molar-refractivity contribution >= 4 is 33.1 Å². The smallest absolute Gasteiger partial charge is 0.434 e. The molecule has 1 fully saturated rings. The van der Waals surface area contributed by atoms with Crippen LogP contribution >= 0.6 is 11.3 Å². The van der Waals surface area contributed by atoms with Gasteiger partial charge >= 0.3 is 5.76 Å². The van der Waals surface area contributed by atoms with Gasteiger partial charge in [0.25, 0.3) is 11.8 Å². The van der Waals surface area contributed by atoms with E-state index in [0.717, 1.165) is 62.6 Å². The number of ether oxygens (including phenoxy) is 1. The van der Waals surface area contributed by atoms with E-state index in [1.165, 1.54) is 23.5 Å². The number of para-hydroxylation sites is 1. The number of hydrogen-bond donors (Lipinski definition) is 2. The van der Waals surface area contributed by atoms with E-state index in [1.54, 1.807) is 18.3 Å². The summed E-state index contributed by atoms with van der Waals surface area (Å²) in [4.78, 5) is 39.1. The number of amides is 1. The first-order valence-corrected chi connectivity index (χ1v) is 16.9. The maximum Gasteiger partial charge on any atom is 0.434 e. The van der Waals surface area contributed by atoms with Gasteiger partial charge in [0.05, 0.1) is 45.9 Å². The first-order chi connectivity index (χ1) is 23.5. The minimum Gasteiger partial charge on any atom is -0.493 e. The van der Waals surface area contributed by atoms with E-state index in [2.05, 4.69) is 27.6 Å². The molecule has 0 radical (unpaired) electrons. The van der Waals surface area contributed by atoms with E-state index in [4.69, 9.17) is 19.1 Å². The summed E-state index contributed by atoms with van der Waals surface area (Å²) < 4.78 is 26.1. The Balaban J connectivity index is 1.22. The number of aryl methyl sites for hydroxylation is 2. The second kappa shape index (κ2) is 11.4. The number of fused-ring (bicyclic) bond motifs is 5. The molecular weight excluding hydrogens is 631 g/mol. The van der Waals surface area contributed by atoms with Crippen LogP contribution in [-0.2, 0) is 12.8 Å². The van der Waals surface area contributed by atoms with Crippen LogP contribution in [0.5, 0.6) is 5.75 Å². The number of rotatable bonds is 7. The molecule has 48 heavy (non-hydrogen) atoms. The summed E-state index contributed by atoms with van der Waals surface area (Å²) >= 11 is 1.53. The Morgan fingerprint density at radius 3 is 2.75 bits per heavy atom. The summed E-state index contributed by atoms with van der Waals surface area (Å²) in [5.74, 6) is 0.609. The van der Waals surface area contributed by atoms with Crippen LogP contribution in [0.25, 0.3) is 32.0 Å². The molecule has 3 aliphatic heterocycles. The van der Waals surface area contributed by atoms with Gasteiger partial charge in [-0.1, -0.05) is 30.3 Å². The Morgan fingerprint density at radius 2 is 1.90 bits per heavy atom. The van der Waals surface area contributed by atoms with Crippen LogP contribution in [-0.4, -0.2) is 44.1 Å². The molecule has 9 rings (SSSR count). The average Bonchev–Trinajstić information content (AvgIpc) is 3.90. The van der Waals surface area contributed by atoms with Crippen LogP contribution in [0.15, 0.2) is 76.1 Å². The van der Waals surface area contributed by atoms with E-state index in [-0.39, 0.29) is 29.7 Å². The van der Waals surface area contributed by atoms with Gasteiger partial charge in [0, 0.05) is 35.2 Å². The Labute approximate surface area is 277 Å². The van der Waals surface area contributed by atoms with Gasteiger partial charge in [-0.15, -0.1) is 16.4 Å². The molecule has 2 aromatic carbocycles. The van der Waals surface area contributed by atoms with Crippen molar-refractivity contribution in [1.29, 1.82) is 0 Å². The molecule has 1 saturated heterocycles. The molecule has 240 valence electrons. The van der Waals surface area contributed by atoms with E-state index >= 15 is 0 Å². The van der Waals surface area contributed by atoms with Gasteiger partial charge in [-0.25, -0.2) is 19.3 Å². The fraction of sp³-hybridized carbons (Fsp3) is 0.250. The lowest BCUT2D eigenvalue weighted by Crippen LogP contribution is -2.22. The second-order valence-corrected chi connectivity index (χ2v) is 13.4. The van der Waals surface area contributed by atoms with Gasteiger partial charge in [-0.2, -0.15) is 0 Å². The lowest BCUT2D eigenvalue weighted by Gasteiger charge is -2.27. The van der Waals surface area contributed by atoms with Gasteiger partial charge in [0.15, 0.2) is 0 Å². The third-order valence-electron chi connectivity index (χ3n) is 9.51. The predicted octanol–water partition coefficient (Wildman–Crippen LogP) is 6.85. The number of halogens is 1. The number of nitrogens with one attached hydrogen (secondary N) is 2. The largest absolute Gasteiger partial charge is 0.493 e. The highest BCUT2D eigenvalue weighted by Crippen LogP contribution is 2.50. The van der Waals surface area contributed by atoms with Crippen LogP contribution in [0.1, 0.15) is 64.2 Å². The zero-order valence-electron chi connectivity index (χ0n) is 25.7. The monoisotopic (exact) mass is 660 g/mol. The third kappa shape index (κ3) is 4.78. The standard InChI is InChI=1S/C36H29FN6O4S/c37-21-10-7-19(8-11-21)9-12-24-28(34-41-42-36(45)47-34)29(30-31(39-24)25-5-3-16-43(25)35(30)44)27-18-20-13-15-38-33(32(20)48-27)40-23-14-17-46-26-6-2-1-4-22(23)26/h1-2,4,6-8,10-11,13,15,18,23,25H,3,5,9,12,14,16-17H2,(H,38,40)(H,42,45)/t23-,25?/m0/s1. The zero-order chi connectivity index (χ0) is 32.4. The van der Waals surface area contributed by atoms with Crippen molar-refractivity contribution in [3.63, 3.8) is 0 Å². The number of benzene rings is 2. The number of pyridine rings is 2. The number of thiophene rings is 1. The maximum absolute atomic E-state index is 14.1. The van der Waals surface area contributed by atoms with E-state index in [1.807, 2.05) is 29.2 Å². The fourth-order valence-corrected chi connectivity index (χ4v) is 8.47. The molecule has 3 aliphatic rings. The van der Waals surface area contributed by atoms with Crippen molar-refractivity contribution in [3.8, 4) is 27.6 Å². The lowest BCUT2D eigenvalue weighted by atomic mass is 9.93. The Bertz CT molecular complexity index is 2280. The number of nitrogens with zero attached hydrogens (tertiary/aromatic N) is 4. The van der Waals surface area contributed by atoms with Gasteiger partial charge in [0.2, 0.25) is 0 Å². The Kier molecular flexibility index (Phi) is 6.85. The average molecular weight is 661 g/mol. The van der Waals surface area contributed by atoms with Crippen molar-refractivity contribution in [3.05, 3.63) is 111 Å². The third-order valence-corrected chi connectivity index (χ3v) is 10.7. The van der Waals surface area contributed by atoms with E-state index < -0.39 is 5.76 Å². The summed E-state index contributed by atoms with van der Waals surface area (Å²) in [7, 11) is 0. The van der Waals surface area contributed by atoms with Crippen molar-refractivity contribution in [2.75, 3.05) is 18.5 Å². The summed E-state index contributed by atoms with van der Waals surface area (Å²) in [5.41, 5.74) is 5.13. The summed E-state index contributed by atoms with van der Waals surface area (Å²) in [6.45, 7) is 1.26. The highest BCUT2D eigenvalue weighted by molar-refractivity contribution is 7.23. The maximum atomic E-state index is 14.1. The molecule has 1 unspecified atom stereocenters. The van der Waals surface area contributed by atoms with Crippen LogP contribution in [0.2, 0.25) is 0 Å². The lowest BCUT2D eigenvalue weighted by molar-refractivity contribution is 0.0776. The number of hydrogen-bond acceptors (Lipinski definition) is 9. The number of carbonyl (C=O) groups excluding carboxylic acids is 1. The SMILES string of the molecule is O=C1c2c(nc(CCc3ccc(F)cc3)c(-c3n[nH]c(=O)o3)c2-c2cc3ccnc(N[C@H]4CCOc5ccccc54)c3s2)C2CCCN12. The molecule has 6 aromatic rings. The number of H-pyrrole nitrogens is 1. The summed E-state index contributed by atoms with van der Waals surface area (Å²) in [6, 6.07) is 18.4. The van der Waals surface area contributed by atoms with Crippen molar-refractivity contribution in [2.45, 2.75) is 44.2 Å². The molecule has 12 heteroatoms. The van der Waals surface area contributed by atoms with Crippen LogP contribution in [0.4, 0.5) is 10.2 Å². The molecule has 0 aliphatic carbocycles. The van der Waals surface area contributed by atoms with Crippen molar-refractivity contribution in [1.82, 2.24) is 25.1 Å². The van der Waals surface area contributed by atoms with Crippen LogP contribution in [0, 0.1) is 5.82 Å². The van der Waals surface area contributed by atoms with Crippen LogP contribution < -0.4 is 15.8 Å². The number of carbonyl (C=O) groups is 1. The summed E-state index contributed by atoms with van der Waals surface area (Å²) in [5, 5.41) is 11.3. The van der Waals surface area contributed by atoms with Gasteiger partial charge in [0.1, 0.15) is 17.4 Å². The molecule has 2 N–H and O–H groups in total. The molecule has 4 aromatic heterocycles. The first-order valence-electron chi connectivity index (χ1n) is 16.1. The molecule has 0 saturated carbocycles. The van der Waals surface area contributed by atoms with Crippen molar-refractivity contribution < 1.29 is 18.3 Å². The second-order valence-electron chi connectivity index (χ2n) is 12.3. The number of aromatic nitrogens is 4.